The van der Waals surface area contributed by atoms with E-state index in [1.807, 2.05) is 48.5 Å². The van der Waals surface area contributed by atoms with Gasteiger partial charge in [0.25, 0.3) is 0 Å². The molecule has 3 heteroatoms. The van der Waals surface area contributed by atoms with Crippen molar-refractivity contribution in [2.24, 2.45) is 5.92 Å². The van der Waals surface area contributed by atoms with Crippen LogP contribution in [0.15, 0.2) is 0 Å². The maximum atomic E-state index is 11.7. The number of nitrogens with zero attached hydrogens (tertiary/aromatic N) is 1. The molecule has 0 radical (unpaired) electrons. The SMILES string of the molecule is CC.CC.CN1CCC(C(=O)OC(C)(C)C)CC1. The number of hydrogen-bond donors (Lipinski definition) is 0. The lowest BCUT2D eigenvalue weighted by Crippen LogP contribution is -2.36. The third-order valence-electron chi connectivity index (χ3n) is 2.46. The van der Waals surface area contributed by atoms with Crippen LogP contribution in [0.25, 0.3) is 0 Å². The third-order valence-corrected chi connectivity index (χ3v) is 2.46. The van der Waals surface area contributed by atoms with Gasteiger partial charge in [-0.05, 0) is 53.8 Å². The van der Waals surface area contributed by atoms with Crippen LogP contribution < -0.4 is 0 Å². The first kappa shape index (κ1) is 19.8. The van der Waals surface area contributed by atoms with Gasteiger partial charge in [0.05, 0.1) is 5.92 Å². The van der Waals surface area contributed by atoms with Crippen LogP contribution in [0.3, 0.4) is 0 Å². The molecule has 0 spiro atoms. The van der Waals surface area contributed by atoms with Crippen molar-refractivity contribution in [1.29, 1.82) is 0 Å². The molecule has 0 amide bonds. The number of rotatable bonds is 1. The summed E-state index contributed by atoms with van der Waals surface area (Å²) in [6.45, 7) is 15.8. The van der Waals surface area contributed by atoms with Crippen LogP contribution >= 0.6 is 0 Å². The van der Waals surface area contributed by atoms with Gasteiger partial charge >= 0.3 is 5.97 Å². The van der Waals surface area contributed by atoms with Crippen LogP contribution in [0.2, 0.25) is 0 Å². The average molecular weight is 259 g/mol. The lowest BCUT2D eigenvalue weighted by molar-refractivity contribution is -0.161. The Hall–Kier alpha value is -0.570. The van der Waals surface area contributed by atoms with Crippen molar-refractivity contribution in [2.45, 2.75) is 66.9 Å². The van der Waals surface area contributed by atoms with E-state index >= 15 is 0 Å². The molecule has 1 heterocycles. The molecule has 0 N–H and O–H groups in total. The van der Waals surface area contributed by atoms with E-state index in [1.54, 1.807) is 0 Å². The molecule has 110 valence electrons. The van der Waals surface area contributed by atoms with Crippen molar-refractivity contribution in [2.75, 3.05) is 20.1 Å². The molecule has 3 nitrogen and oxygen atoms in total. The molecule has 0 atom stereocenters. The van der Waals surface area contributed by atoms with Crippen molar-refractivity contribution >= 4 is 5.97 Å². The summed E-state index contributed by atoms with van der Waals surface area (Å²) >= 11 is 0. The van der Waals surface area contributed by atoms with Gasteiger partial charge in [0.2, 0.25) is 0 Å². The fraction of sp³-hybridized carbons (Fsp3) is 0.933. The standard InChI is InChI=1S/C11H21NO2.2C2H6/c1-11(2,3)14-10(13)9-5-7-12(4)8-6-9;2*1-2/h9H,5-8H2,1-4H3;2*1-2H3. The summed E-state index contributed by atoms with van der Waals surface area (Å²) < 4.78 is 5.35. The number of piperidine rings is 1. The van der Waals surface area contributed by atoms with E-state index in [0.29, 0.717) is 0 Å². The van der Waals surface area contributed by atoms with Gasteiger partial charge in [0.15, 0.2) is 0 Å². The second kappa shape index (κ2) is 10.4. The number of likely N-dealkylation sites (tertiary alicyclic amines) is 1. The van der Waals surface area contributed by atoms with Crippen LogP contribution in [0.4, 0.5) is 0 Å². The highest BCUT2D eigenvalue weighted by Gasteiger charge is 2.27. The van der Waals surface area contributed by atoms with Crippen molar-refractivity contribution in [3.05, 3.63) is 0 Å². The Morgan fingerprint density at radius 2 is 1.44 bits per heavy atom. The minimum Gasteiger partial charge on any atom is -0.460 e. The molecule has 1 aliphatic heterocycles. The van der Waals surface area contributed by atoms with Crippen molar-refractivity contribution in [3.8, 4) is 0 Å². The highest BCUT2D eigenvalue weighted by atomic mass is 16.6. The molecule has 0 aromatic heterocycles. The Morgan fingerprint density at radius 1 is 1.06 bits per heavy atom. The first-order chi connectivity index (χ1) is 8.38. The van der Waals surface area contributed by atoms with E-state index in [4.69, 9.17) is 4.74 Å². The summed E-state index contributed by atoms with van der Waals surface area (Å²) in [4.78, 5) is 13.9. The first-order valence-corrected chi connectivity index (χ1v) is 7.30. The molecule has 1 aliphatic rings. The highest BCUT2D eigenvalue weighted by molar-refractivity contribution is 5.73. The first-order valence-electron chi connectivity index (χ1n) is 7.30. The Labute approximate surface area is 114 Å². The number of carbonyl (C=O) groups is 1. The molecular weight excluding hydrogens is 226 g/mol. The number of ether oxygens (including phenoxy) is 1. The molecule has 0 aliphatic carbocycles. The lowest BCUT2D eigenvalue weighted by atomic mass is 9.97. The fourth-order valence-electron chi connectivity index (χ4n) is 1.63. The van der Waals surface area contributed by atoms with E-state index in [1.165, 1.54) is 0 Å². The van der Waals surface area contributed by atoms with Gasteiger partial charge in [-0.15, -0.1) is 0 Å². The Kier molecular flexibility index (Phi) is 11.4. The Morgan fingerprint density at radius 3 is 1.78 bits per heavy atom. The van der Waals surface area contributed by atoms with Crippen LogP contribution in [-0.2, 0) is 9.53 Å². The van der Waals surface area contributed by atoms with Crippen LogP contribution in [0.5, 0.6) is 0 Å². The minimum absolute atomic E-state index is 0.0226. The van der Waals surface area contributed by atoms with Gasteiger partial charge in [-0.3, -0.25) is 4.79 Å². The Balaban J connectivity index is 0. The van der Waals surface area contributed by atoms with E-state index in [2.05, 4.69) is 11.9 Å². The average Bonchev–Trinajstić information content (AvgIpc) is 2.33. The van der Waals surface area contributed by atoms with Gasteiger partial charge in [-0.2, -0.15) is 0 Å². The number of carbonyl (C=O) groups excluding carboxylic acids is 1. The molecule has 0 saturated carbocycles. The molecular formula is C15H33NO2. The fourth-order valence-corrected chi connectivity index (χ4v) is 1.63. The summed E-state index contributed by atoms with van der Waals surface area (Å²) in [6, 6.07) is 0. The monoisotopic (exact) mass is 259 g/mol. The third kappa shape index (κ3) is 9.46. The molecule has 0 unspecified atom stereocenters. The van der Waals surface area contributed by atoms with Crippen LogP contribution in [0, 0.1) is 5.92 Å². The molecule has 0 bridgehead atoms. The second-order valence-electron chi connectivity index (χ2n) is 5.11. The summed E-state index contributed by atoms with van der Waals surface area (Å²) in [5, 5.41) is 0. The molecule has 1 fully saturated rings. The summed E-state index contributed by atoms with van der Waals surface area (Å²) in [5.41, 5.74) is -0.347. The minimum atomic E-state index is -0.347. The molecule has 0 aromatic rings. The Bertz CT molecular complexity index is 201. The summed E-state index contributed by atoms with van der Waals surface area (Å²) in [5.74, 6) is 0.0935. The summed E-state index contributed by atoms with van der Waals surface area (Å²) in [7, 11) is 2.09. The van der Waals surface area contributed by atoms with Crippen molar-refractivity contribution < 1.29 is 9.53 Å². The number of esters is 1. The second-order valence-corrected chi connectivity index (χ2v) is 5.11. The largest absolute Gasteiger partial charge is 0.460 e. The van der Waals surface area contributed by atoms with Crippen molar-refractivity contribution in [1.82, 2.24) is 4.90 Å². The lowest BCUT2D eigenvalue weighted by Gasteiger charge is -2.30. The van der Waals surface area contributed by atoms with Gasteiger partial charge in [0.1, 0.15) is 5.60 Å². The van der Waals surface area contributed by atoms with E-state index < -0.39 is 0 Å². The van der Waals surface area contributed by atoms with Gasteiger partial charge in [-0.25, -0.2) is 0 Å². The van der Waals surface area contributed by atoms with E-state index in [0.717, 1.165) is 25.9 Å². The van der Waals surface area contributed by atoms with E-state index in [-0.39, 0.29) is 17.5 Å². The topological polar surface area (TPSA) is 29.5 Å². The van der Waals surface area contributed by atoms with Gasteiger partial charge < -0.3 is 9.64 Å². The van der Waals surface area contributed by atoms with Crippen molar-refractivity contribution in [3.63, 3.8) is 0 Å². The molecule has 1 rings (SSSR count). The van der Waals surface area contributed by atoms with Gasteiger partial charge in [0, 0.05) is 0 Å². The molecule has 18 heavy (non-hydrogen) atoms. The molecule has 1 saturated heterocycles. The smallest absolute Gasteiger partial charge is 0.309 e. The zero-order valence-corrected chi connectivity index (χ0v) is 13.7. The quantitative estimate of drug-likeness (QED) is 0.672. The predicted molar refractivity (Wildman–Crippen MR) is 78.8 cm³/mol. The normalized spacial score (nSPS) is 16.9. The highest BCUT2D eigenvalue weighted by Crippen LogP contribution is 2.20. The maximum Gasteiger partial charge on any atom is 0.309 e. The van der Waals surface area contributed by atoms with Crippen LogP contribution in [0.1, 0.15) is 61.3 Å². The number of hydrogen-bond acceptors (Lipinski definition) is 3. The zero-order chi connectivity index (χ0) is 14.8. The predicted octanol–water partition coefficient (Wildman–Crippen LogP) is 3.72. The molecule has 0 aromatic carbocycles. The maximum absolute atomic E-state index is 11.7. The van der Waals surface area contributed by atoms with Gasteiger partial charge in [-0.1, -0.05) is 27.7 Å². The van der Waals surface area contributed by atoms with Crippen LogP contribution in [-0.4, -0.2) is 36.6 Å². The van der Waals surface area contributed by atoms with E-state index in [9.17, 15) is 4.79 Å². The summed E-state index contributed by atoms with van der Waals surface area (Å²) in [6.07, 6.45) is 1.87. The zero-order valence-electron chi connectivity index (χ0n) is 13.7.